The summed E-state index contributed by atoms with van der Waals surface area (Å²) in [6, 6.07) is 9.89. The largest absolute Gasteiger partial charge is 0.497 e. The lowest BCUT2D eigenvalue weighted by molar-refractivity contribution is -0.139. The molecule has 0 spiro atoms. The Morgan fingerprint density at radius 1 is 1.11 bits per heavy atom. The van der Waals surface area contributed by atoms with Crippen LogP contribution < -0.4 is 29.7 Å². The highest BCUT2D eigenvalue weighted by Crippen LogP contribution is 2.38. The van der Waals surface area contributed by atoms with Crippen molar-refractivity contribution in [3.63, 3.8) is 0 Å². The zero-order chi connectivity index (χ0) is 26.4. The number of esters is 1. The lowest BCUT2D eigenvalue weighted by atomic mass is 9.95. The van der Waals surface area contributed by atoms with Gasteiger partial charge in [0, 0.05) is 22.9 Å². The van der Waals surface area contributed by atoms with Crippen molar-refractivity contribution in [1.82, 2.24) is 4.57 Å². The zero-order valence-electron chi connectivity index (χ0n) is 21.0. The number of aromatic nitrogens is 1. The Hall–Kier alpha value is -4.18. The summed E-state index contributed by atoms with van der Waals surface area (Å²) in [6.07, 6.45) is 0. The number of carbonyl (C=O) groups is 2. The molecule has 1 aromatic heterocycles. The lowest BCUT2D eigenvalue weighted by Crippen LogP contribution is -2.40. The summed E-state index contributed by atoms with van der Waals surface area (Å²) in [6.45, 7) is 5.50. The number of hydrogen-bond donors (Lipinski definition) is 1. The van der Waals surface area contributed by atoms with E-state index in [0.29, 0.717) is 44.4 Å². The summed E-state index contributed by atoms with van der Waals surface area (Å²) in [5, 5.41) is 2.84. The van der Waals surface area contributed by atoms with Gasteiger partial charge < -0.3 is 19.5 Å². The number of fused-ring (bicyclic) bond motifs is 2. The molecule has 37 heavy (non-hydrogen) atoms. The number of benzene rings is 2. The number of anilines is 1. The number of carbonyl (C=O) groups excluding carboxylic acids is 2. The highest BCUT2D eigenvalue weighted by atomic mass is 32.1. The molecule has 0 saturated heterocycles. The Morgan fingerprint density at radius 3 is 2.59 bits per heavy atom. The van der Waals surface area contributed by atoms with E-state index in [1.54, 1.807) is 39.2 Å². The molecule has 3 aromatic rings. The maximum absolute atomic E-state index is 14.1. The summed E-state index contributed by atoms with van der Waals surface area (Å²) in [5.74, 6) is 0.0526. The highest BCUT2D eigenvalue weighted by Gasteiger charge is 2.36. The van der Waals surface area contributed by atoms with Crippen LogP contribution in [0.3, 0.4) is 0 Å². The molecule has 2 aliphatic heterocycles. The van der Waals surface area contributed by atoms with Gasteiger partial charge in [-0.2, -0.15) is 0 Å². The van der Waals surface area contributed by atoms with Crippen LogP contribution in [0, 0.1) is 6.92 Å². The van der Waals surface area contributed by atoms with Gasteiger partial charge in [-0.05, 0) is 45.0 Å². The van der Waals surface area contributed by atoms with Gasteiger partial charge in [0.25, 0.3) is 11.5 Å². The first-order valence-electron chi connectivity index (χ1n) is 11.7. The van der Waals surface area contributed by atoms with E-state index in [1.165, 1.54) is 11.7 Å². The summed E-state index contributed by atoms with van der Waals surface area (Å²) in [4.78, 5) is 45.2. The van der Waals surface area contributed by atoms with Gasteiger partial charge in [-0.25, -0.2) is 9.79 Å². The van der Waals surface area contributed by atoms with E-state index < -0.39 is 17.6 Å². The minimum absolute atomic E-state index is 0.160. The molecule has 0 fully saturated rings. The molecule has 2 aromatic carbocycles. The van der Waals surface area contributed by atoms with Crippen molar-refractivity contribution in [3.8, 4) is 11.5 Å². The van der Waals surface area contributed by atoms with E-state index in [2.05, 4.69) is 10.3 Å². The summed E-state index contributed by atoms with van der Waals surface area (Å²) < 4.78 is 18.0. The van der Waals surface area contributed by atoms with Gasteiger partial charge in [0.1, 0.15) is 22.1 Å². The second-order valence-electron chi connectivity index (χ2n) is 8.61. The van der Waals surface area contributed by atoms with Crippen LogP contribution >= 0.6 is 11.3 Å². The normalized spacial score (nSPS) is 17.5. The number of ether oxygens (including phenoxy) is 3. The molecule has 0 aliphatic carbocycles. The van der Waals surface area contributed by atoms with E-state index in [-0.39, 0.29) is 22.6 Å². The molecule has 3 heterocycles. The first kappa shape index (κ1) is 24.5. The SMILES string of the molecule is CCOC(=O)C1=C(C)N=c2s/c(=C3\C(=O)Nc4ccc(C)cc43)c(=O)n2[C@H]1c1ccc(OC)cc1OC. The Labute approximate surface area is 216 Å². The summed E-state index contributed by atoms with van der Waals surface area (Å²) in [5.41, 5.74) is 3.34. The van der Waals surface area contributed by atoms with Crippen LogP contribution in [0.4, 0.5) is 5.69 Å². The molecule has 0 unspecified atom stereocenters. The van der Waals surface area contributed by atoms with Gasteiger partial charge >= 0.3 is 5.97 Å². The molecule has 9 nitrogen and oxygen atoms in total. The number of nitrogens with zero attached hydrogens (tertiary/aromatic N) is 2. The quantitative estimate of drug-likeness (QED) is 0.519. The monoisotopic (exact) mass is 519 g/mol. The van der Waals surface area contributed by atoms with E-state index in [0.717, 1.165) is 16.9 Å². The number of methoxy groups -OCH3 is 2. The first-order valence-corrected chi connectivity index (χ1v) is 12.5. The second kappa shape index (κ2) is 9.36. The molecule has 1 N–H and O–H groups in total. The fourth-order valence-electron chi connectivity index (χ4n) is 4.69. The van der Waals surface area contributed by atoms with Crippen molar-refractivity contribution in [2.75, 3.05) is 26.1 Å². The third-order valence-corrected chi connectivity index (χ3v) is 7.43. The van der Waals surface area contributed by atoms with Gasteiger partial charge in [-0.1, -0.05) is 23.0 Å². The minimum atomic E-state index is -0.882. The molecule has 190 valence electrons. The van der Waals surface area contributed by atoms with E-state index in [4.69, 9.17) is 14.2 Å². The second-order valence-corrected chi connectivity index (χ2v) is 9.59. The third kappa shape index (κ3) is 3.93. The molecule has 2 aliphatic rings. The number of rotatable bonds is 5. The van der Waals surface area contributed by atoms with E-state index in [1.807, 2.05) is 25.1 Å². The maximum atomic E-state index is 14.1. The van der Waals surface area contributed by atoms with Crippen LogP contribution in [0.1, 0.15) is 36.6 Å². The van der Waals surface area contributed by atoms with Crippen molar-refractivity contribution in [1.29, 1.82) is 0 Å². The van der Waals surface area contributed by atoms with Crippen LogP contribution in [-0.4, -0.2) is 37.3 Å². The Kier molecular flexibility index (Phi) is 6.20. The Balaban J connectivity index is 1.84. The summed E-state index contributed by atoms with van der Waals surface area (Å²) >= 11 is 1.12. The van der Waals surface area contributed by atoms with Crippen molar-refractivity contribution in [2.24, 2.45) is 4.99 Å². The van der Waals surface area contributed by atoms with Crippen molar-refractivity contribution in [2.45, 2.75) is 26.8 Å². The third-order valence-electron chi connectivity index (χ3n) is 6.37. The number of aryl methyl sites for hydroxylation is 1. The Morgan fingerprint density at radius 2 is 1.89 bits per heavy atom. The number of allylic oxidation sites excluding steroid dienone is 1. The van der Waals surface area contributed by atoms with Crippen LogP contribution in [0.2, 0.25) is 0 Å². The fourth-order valence-corrected chi connectivity index (χ4v) is 5.83. The highest BCUT2D eigenvalue weighted by molar-refractivity contribution is 7.07. The number of amides is 1. The standard InChI is InChI=1S/C27H25N3O6S/c1-6-36-26(33)20-14(3)28-27-30(22(20)16-9-8-15(34-4)12-19(16)35-5)25(32)23(37-27)21-17-11-13(2)7-10-18(17)29-24(21)31/h7-12,22H,6H2,1-5H3,(H,29,31)/b23-21-/t22-/m0/s1. The van der Waals surface area contributed by atoms with E-state index >= 15 is 0 Å². The maximum Gasteiger partial charge on any atom is 0.338 e. The van der Waals surface area contributed by atoms with Crippen molar-refractivity contribution in [3.05, 3.63) is 84.0 Å². The minimum Gasteiger partial charge on any atom is -0.497 e. The van der Waals surface area contributed by atoms with Crippen LogP contribution in [0.15, 0.2) is 57.5 Å². The van der Waals surface area contributed by atoms with E-state index in [9.17, 15) is 14.4 Å². The smallest absolute Gasteiger partial charge is 0.338 e. The van der Waals surface area contributed by atoms with Crippen molar-refractivity contribution >= 4 is 34.5 Å². The van der Waals surface area contributed by atoms with Gasteiger partial charge in [-0.15, -0.1) is 0 Å². The van der Waals surface area contributed by atoms with Gasteiger partial charge in [0.05, 0.1) is 37.7 Å². The Bertz CT molecular complexity index is 1680. The van der Waals surface area contributed by atoms with Gasteiger partial charge in [-0.3, -0.25) is 14.2 Å². The molecule has 1 atom stereocenters. The average molecular weight is 520 g/mol. The predicted molar refractivity (Wildman–Crippen MR) is 139 cm³/mol. The number of nitrogens with one attached hydrogen (secondary N) is 1. The van der Waals surface area contributed by atoms with Crippen molar-refractivity contribution < 1.29 is 23.8 Å². The van der Waals surface area contributed by atoms with Gasteiger partial charge in [0.15, 0.2) is 4.80 Å². The molecular weight excluding hydrogens is 494 g/mol. The molecule has 0 saturated carbocycles. The van der Waals surface area contributed by atoms with Gasteiger partial charge in [0.2, 0.25) is 0 Å². The molecular formula is C27H25N3O6S. The molecule has 0 radical (unpaired) electrons. The first-order chi connectivity index (χ1) is 17.8. The van der Waals surface area contributed by atoms with Crippen LogP contribution in [0.5, 0.6) is 11.5 Å². The molecule has 1 amide bonds. The zero-order valence-corrected chi connectivity index (χ0v) is 21.8. The molecule has 5 rings (SSSR count). The lowest BCUT2D eigenvalue weighted by Gasteiger charge is -2.26. The predicted octanol–water partition coefficient (Wildman–Crippen LogP) is 2.45. The fraction of sp³-hybridized carbons (Fsp3) is 0.259. The average Bonchev–Trinajstić information content (AvgIpc) is 3.37. The topological polar surface area (TPSA) is 108 Å². The number of thiazole rings is 1. The summed E-state index contributed by atoms with van der Waals surface area (Å²) in [7, 11) is 3.05. The molecule has 0 bridgehead atoms. The van der Waals surface area contributed by atoms with Crippen LogP contribution in [-0.2, 0) is 14.3 Å². The number of hydrogen-bond acceptors (Lipinski definition) is 8. The molecule has 10 heteroatoms. The van der Waals surface area contributed by atoms with Crippen LogP contribution in [0.25, 0.3) is 5.57 Å².